The average molecular weight is 351 g/mol. The van der Waals surface area contributed by atoms with Crippen molar-refractivity contribution in [3.05, 3.63) is 33.9 Å². The number of nitro groups is 1. The number of non-ortho nitro benzene ring substituents is 1. The van der Waals surface area contributed by atoms with Gasteiger partial charge in [-0.1, -0.05) is 0 Å². The molecule has 1 fully saturated rings. The number of carboxylic acids is 1. The molecule has 0 unspecified atom stereocenters. The quantitative estimate of drug-likeness (QED) is 0.657. The third-order valence-electron chi connectivity index (χ3n) is 3.69. The standard InChI is InChI=1S/C16H21N3O6/c1-16(2,3)25-15(22)18-8-6-17(7-9-18)13-10-11(19(23)24)4-5-12(13)14(20)21/h4-5,10H,6-9H2,1-3H3,(H,20,21). The van der Waals surface area contributed by atoms with E-state index in [0.29, 0.717) is 26.2 Å². The molecular formula is C16H21N3O6. The summed E-state index contributed by atoms with van der Waals surface area (Å²) in [6.07, 6.45) is -0.426. The molecule has 9 nitrogen and oxygen atoms in total. The lowest BCUT2D eigenvalue weighted by Gasteiger charge is -2.37. The van der Waals surface area contributed by atoms with E-state index in [1.54, 1.807) is 30.6 Å². The van der Waals surface area contributed by atoms with Crippen molar-refractivity contribution in [2.75, 3.05) is 31.1 Å². The molecule has 0 bridgehead atoms. The molecule has 0 spiro atoms. The van der Waals surface area contributed by atoms with Crippen LogP contribution in [0.15, 0.2) is 18.2 Å². The van der Waals surface area contributed by atoms with E-state index in [1.807, 2.05) is 0 Å². The highest BCUT2D eigenvalue weighted by atomic mass is 16.6. The number of piperazine rings is 1. The fourth-order valence-electron chi connectivity index (χ4n) is 2.53. The van der Waals surface area contributed by atoms with Gasteiger partial charge in [0.25, 0.3) is 5.69 Å². The number of nitro benzene ring substituents is 1. The lowest BCUT2D eigenvalue weighted by atomic mass is 10.1. The summed E-state index contributed by atoms with van der Waals surface area (Å²) in [6, 6.07) is 3.66. The monoisotopic (exact) mass is 351 g/mol. The molecule has 136 valence electrons. The Bertz CT molecular complexity index is 690. The maximum atomic E-state index is 12.1. The van der Waals surface area contributed by atoms with E-state index in [9.17, 15) is 24.8 Å². The SMILES string of the molecule is CC(C)(C)OC(=O)N1CCN(c2cc([N+](=O)[O-])ccc2C(=O)O)CC1. The molecule has 1 aliphatic rings. The summed E-state index contributed by atoms with van der Waals surface area (Å²) < 4.78 is 5.32. The molecule has 25 heavy (non-hydrogen) atoms. The molecule has 1 aromatic rings. The van der Waals surface area contributed by atoms with Crippen LogP contribution in [0.2, 0.25) is 0 Å². The number of nitrogens with zero attached hydrogens (tertiary/aromatic N) is 3. The van der Waals surface area contributed by atoms with Crippen LogP contribution in [0.5, 0.6) is 0 Å². The van der Waals surface area contributed by atoms with Crippen LogP contribution in [0, 0.1) is 10.1 Å². The number of carbonyl (C=O) groups is 2. The predicted molar refractivity (Wildman–Crippen MR) is 90.1 cm³/mol. The molecule has 0 aromatic heterocycles. The third-order valence-corrected chi connectivity index (χ3v) is 3.69. The average Bonchev–Trinajstić information content (AvgIpc) is 2.52. The highest BCUT2D eigenvalue weighted by Gasteiger charge is 2.28. The van der Waals surface area contributed by atoms with Crippen LogP contribution in [-0.4, -0.2) is 58.8 Å². The lowest BCUT2D eigenvalue weighted by molar-refractivity contribution is -0.384. The number of amides is 1. The first-order valence-corrected chi connectivity index (χ1v) is 7.83. The van der Waals surface area contributed by atoms with E-state index in [2.05, 4.69) is 0 Å². The number of aromatic carboxylic acids is 1. The minimum Gasteiger partial charge on any atom is -0.478 e. The van der Waals surface area contributed by atoms with Crippen LogP contribution < -0.4 is 4.90 Å². The maximum absolute atomic E-state index is 12.1. The summed E-state index contributed by atoms with van der Waals surface area (Å²) in [6.45, 7) is 6.75. The van der Waals surface area contributed by atoms with Crippen LogP contribution in [0.1, 0.15) is 31.1 Å². The Labute approximate surface area is 144 Å². The Morgan fingerprint density at radius 2 is 1.80 bits per heavy atom. The first-order chi connectivity index (χ1) is 11.6. The minimum atomic E-state index is -1.15. The molecule has 1 heterocycles. The molecule has 9 heteroatoms. The summed E-state index contributed by atoms with van der Waals surface area (Å²) in [4.78, 5) is 37.1. The minimum absolute atomic E-state index is 0.00341. The van der Waals surface area contributed by atoms with E-state index in [4.69, 9.17) is 4.74 Å². The van der Waals surface area contributed by atoms with Gasteiger partial charge in [0.15, 0.2) is 0 Å². The lowest BCUT2D eigenvalue weighted by Crippen LogP contribution is -2.50. The van der Waals surface area contributed by atoms with Gasteiger partial charge in [0.2, 0.25) is 0 Å². The van der Waals surface area contributed by atoms with E-state index >= 15 is 0 Å². The predicted octanol–water partition coefficient (Wildman–Crippen LogP) is 2.35. The Hall–Kier alpha value is -2.84. The number of benzene rings is 1. The third kappa shape index (κ3) is 4.59. The molecule has 1 N–H and O–H groups in total. The van der Waals surface area contributed by atoms with Crippen LogP contribution >= 0.6 is 0 Å². The summed E-state index contributed by atoms with van der Waals surface area (Å²) in [5.41, 5.74) is -0.485. The Balaban J connectivity index is 2.14. The highest BCUT2D eigenvalue weighted by molar-refractivity contribution is 5.95. The number of carbonyl (C=O) groups excluding carboxylic acids is 1. The van der Waals surface area contributed by atoms with Gasteiger partial charge < -0.3 is 19.6 Å². The second-order valence-corrected chi connectivity index (χ2v) is 6.72. The topological polar surface area (TPSA) is 113 Å². The first-order valence-electron chi connectivity index (χ1n) is 7.83. The van der Waals surface area contributed by atoms with Gasteiger partial charge in [-0.05, 0) is 26.8 Å². The van der Waals surface area contributed by atoms with Crippen LogP contribution in [0.4, 0.5) is 16.2 Å². The van der Waals surface area contributed by atoms with Crippen LogP contribution in [0.3, 0.4) is 0 Å². The number of hydrogen-bond acceptors (Lipinski definition) is 6. The van der Waals surface area contributed by atoms with Gasteiger partial charge in [0.1, 0.15) is 5.60 Å². The van der Waals surface area contributed by atoms with Gasteiger partial charge in [-0.2, -0.15) is 0 Å². The number of anilines is 1. The molecule has 0 atom stereocenters. The van der Waals surface area contributed by atoms with Gasteiger partial charge in [0.05, 0.1) is 16.2 Å². The fourth-order valence-corrected chi connectivity index (χ4v) is 2.53. The van der Waals surface area contributed by atoms with Gasteiger partial charge in [0, 0.05) is 38.3 Å². The molecule has 0 radical (unpaired) electrons. The van der Waals surface area contributed by atoms with E-state index in [1.165, 1.54) is 18.2 Å². The van der Waals surface area contributed by atoms with Crippen molar-refractivity contribution in [2.45, 2.75) is 26.4 Å². The number of rotatable bonds is 3. The van der Waals surface area contributed by atoms with Gasteiger partial charge in [-0.15, -0.1) is 0 Å². The van der Waals surface area contributed by atoms with E-state index < -0.39 is 22.6 Å². The van der Waals surface area contributed by atoms with Crippen LogP contribution in [0.25, 0.3) is 0 Å². The molecule has 0 saturated carbocycles. The number of ether oxygens (including phenoxy) is 1. The van der Waals surface area contributed by atoms with E-state index in [0.717, 1.165) is 0 Å². The van der Waals surface area contributed by atoms with Crippen molar-refractivity contribution in [3.8, 4) is 0 Å². The molecule has 1 saturated heterocycles. The second-order valence-electron chi connectivity index (χ2n) is 6.72. The van der Waals surface area contributed by atoms with Crippen molar-refractivity contribution in [1.82, 2.24) is 4.90 Å². The smallest absolute Gasteiger partial charge is 0.410 e. The molecular weight excluding hydrogens is 330 g/mol. The van der Waals surface area contributed by atoms with Crippen LogP contribution in [-0.2, 0) is 4.74 Å². The molecule has 1 amide bonds. The van der Waals surface area contributed by atoms with Gasteiger partial charge in [-0.3, -0.25) is 10.1 Å². The molecule has 2 rings (SSSR count). The van der Waals surface area contributed by atoms with E-state index in [-0.39, 0.29) is 16.9 Å². The number of hydrogen-bond donors (Lipinski definition) is 1. The maximum Gasteiger partial charge on any atom is 0.410 e. The first kappa shape index (κ1) is 18.5. The Kier molecular flexibility index (Phi) is 5.15. The molecule has 1 aromatic carbocycles. The number of carboxylic acid groups (broad SMARTS) is 1. The van der Waals surface area contributed by atoms with Crippen molar-refractivity contribution in [1.29, 1.82) is 0 Å². The van der Waals surface area contributed by atoms with Crippen molar-refractivity contribution < 1.29 is 24.4 Å². The van der Waals surface area contributed by atoms with Crippen molar-refractivity contribution in [3.63, 3.8) is 0 Å². The summed E-state index contributed by atoms with van der Waals surface area (Å²) in [5.74, 6) is -1.15. The van der Waals surface area contributed by atoms with Gasteiger partial charge >= 0.3 is 12.1 Å². The molecule has 0 aliphatic carbocycles. The van der Waals surface area contributed by atoms with Crippen molar-refractivity contribution in [2.24, 2.45) is 0 Å². The van der Waals surface area contributed by atoms with Crippen molar-refractivity contribution >= 4 is 23.4 Å². The fraction of sp³-hybridized carbons (Fsp3) is 0.500. The zero-order valence-electron chi connectivity index (χ0n) is 14.4. The summed E-state index contributed by atoms with van der Waals surface area (Å²) in [7, 11) is 0. The zero-order chi connectivity index (χ0) is 18.8. The summed E-state index contributed by atoms with van der Waals surface area (Å²) in [5, 5.41) is 20.3. The largest absolute Gasteiger partial charge is 0.478 e. The highest BCUT2D eigenvalue weighted by Crippen LogP contribution is 2.27. The Morgan fingerprint density at radius 3 is 2.28 bits per heavy atom. The second kappa shape index (κ2) is 6.96. The summed E-state index contributed by atoms with van der Waals surface area (Å²) >= 11 is 0. The normalized spacial score (nSPS) is 15.0. The zero-order valence-corrected chi connectivity index (χ0v) is 14.4. The molecule has 1 aliphatic heterocycles. The Morgan fingerprint density at radius 1 is 1.20 bits per heavy atom. The van der Waals surface area contributed by atoms with Gasteiger partial charge in [-0.25, -0.2) is 9.59 Å².